The Labute approximate surface area is 113 Å². The van der Waals surface area contributed by atoms with E-state index in [1.807, 2.05) is 13.8 Å². The molecule has 5 nitrogen and oxygen atoms in total. The van der Waals surface area contributed by atoms with Crippen LogP contribution in [0.2, 0.25) is 0 Å². The van der Waals surface area contributed by atoms with Gasteiger partial charge in [0.05, 0.1) is 0 Å². The number of halogens is 3. The third kappa shape index (κ3) is 2.89. The van der Waals surface area contributed by atoms with Gasteiger partial charge in [-0.25, -0.2) is 14.6 Å². The first-order valence-corrected chi connectivity index (χ1v) is 6.01. The smallest absolute Gasteiger partial charge is 0.373 e. The van der Waals surface area contributed by atoms with Crippen molar-refractivity contribution < 1.29 is 13.2 Å². The van der Waals surface area contributed by atoms with Gasteiger partial charge in [-0.15, -0.1) is 0 Å². The van der Waals surface area contributed by atoms with E-state index in [1.165, 1.54) is 6.20 Å². The van der Waals surface area contributed by atoms with Crippen LogP contribution in [0.25, 0.3) is 5.82 Å². The first-order valence-electron chi connectivity index (χ1n) is 6.01. The topological polar surface area (TPSA) is 55.6 Å². The Morgan fingerprint density at radius 3 is 2.45 bits per heavy atom. The summed E-state index contributed by atoms with van der Waals surface area (Å²) in [4.78, 5) is 8.48. The van der Waals surface area contributed by atoms with Crippen molar-refractivity contribution in [1.82, 2.24) is 19.7 Å². The number of hydrogen-bond acceptors (Lipinski definition) is 4. The van der Waals surface area contributed by atoms with Crippen LogP contribution in [0.3, 0.4) is 0 Å². The van der Waals surface area contributed by atoms with Gasteiger partial charge < -0.3 is 5.32 Å². The van der Waals surface area contributed by atoms with Gasteiger partial charge >= 0.3 is 6.18 Å². The highest BCUT2D eigenvalue weighted by Crippen LogP contribution is 2.28. The molecule has 0 spiro atoms. The van der Waals surface area contributed by atoms with Crippen LogP contribution in [0.5, 0.6) is 0 Å². The Balaban J connectivity index is 2.46. The minimum atomic E-state index is -4.47. The molecule has 0 fully saturated rings. The lowest BCUT2D eigenvalue weighted by molar-refractivity contribution is -0.141. The van der Waals surface area contributed by atoms with E-state index >= 15 is 0 Å². The third-order valence-electron chi connectivity index (χ3n) is 2.62. The predicted molar refractivity (Wildman–Crippen MR) is 67.8 cm³/mol. The molecule has 20 heavy (non-hydrogen) atoms. The molecule has 0 atom stereocenters. The van der Waals surface area contributed by atoms with Crippen LogP contribution < -0.4 is 5.32 Å². The zero-order chi connectivity index (χ0) is 14.9. The van der Waals surface area contributed by atoms with E-state index in [0.717, 1.165) is 10.7 Å². The number of nitrogens with one attached hydrogen (secondary N) is 1. The van der Waals surface area contributed by atoms with Crippen molar-refractivity contribution >= 4 is 5.82 Å². The second kappa shape index (κ2) is 5.10. The number of anilines is 1. The van der Waals surface area contributed by atoms with Crippen molar-refractivity contribution in [3.8, 4) is 5.82 Å². The molecule has 8 heteroatoms. The Hall–Kier alpha value is -2.12. The van der Waals surface area contributed by atoms with Crippen LogP contribution >= 0.6 is 0 Å². The summed E-state index contributed by atoms with van der Waals surface area (Å²) >= 11 is 0. The molecule has 0 saturated carbocycles. The molecule has 0 aliphatic heterocycles. The molecule has 2 rings (SSSR count). The van der Waals surface area contributed by atoms with Gasteiger partial charge in [0.2, 0.25) is 0 Å². The highest BCUT2D eigenvalue weighted by atomic mass is 19.4. The van der Waals surface area contributed by atoms with Gasteiger partial charge in [-0.3, -0.25) is 0 Å². The lowest BCUT2D eigenvalue weighted by Crippen LogP contribution is -2.10. The fourth-order valence-electron chi connectivity index (χ4n) is 1.56. The van der Waals surface area contributed by atoms with Crippen LogP contribution in [0, 0.1) is 0 Å². The maximum absolute atomic E-state index is 12.5. The summed E-state index contributed by atoms with van der Waals surface area (Å²) in [6.07, 6.45) is -3.24. The van der Waals surface area contributed by atoms with E-state index in [4.69, 9.17) is 0 Å². The highest BCUT2D eigenvalue weighted by molar-refractivity contribution is 5.41. The van der Waals surface area contributed by atoms with Gasteiger partial charge in [0.25, 0.3) is 0 Å². The number of alkyl halides is 3. The largest absolute Gasteiger partial charge is 0.435 e. The number of rotatable bonds is 3. The summed E-state index contributed by atoms with van der Waals surface area (Å²) in [5, 5.41) is 6.36. The van der Waals surface area contributed by atoms with E-state index in [2.05, 4.69) is 20.4 Å². The molecule has 2 heterocycles. The van der Waals surface area contributed by atoms with Crippen LogP contribution in [0.15, 0.2) is 18.3 Å². The molecule has 0 aliphatic rings. The molecule has 0 aromatic carbocycles. The molecule has 2 aromatic rings. The summed E-state index contributed by atoms with van der Waals surface area (Å²) in [6.45, 7) is 3.81. The van der Waals surface area contributed by atoms with Gasteiger partial charge in [0.15, 0.2) is 11.5 Å². The predicted octanol–water partition coefficient (Wildman–Crippen LogP) is 2.85. The zero-order valence-corrected chi connectivity index (χ0v) is 11.2. The van der Waals surface area contributed by atoms with Crippen molar-refractivity contribution in [3.05, 3.63) is 29.8 Å². The van der Waals surface area contributed by atoms with Gasteiger partial charge in [-0.2, -0.15) is 18.3 Å². The molecule has 1 N–H and O–H groups in total. The van der Waals surface area contributed by atoms with E-state index in [-0.39, 0.29) is 5.92 Å². The number of aromatic nitrogens is 4. The Morgan fingerprint density at radius 2 is 1.95 bits per heavy atom. The first kappa shape index (κ1) is 14.3. The quantitative estimate of drug-likeness (QED) is 0.942. The average molecular weight is 285 g/mol. The van der Waals surface area contributed by atoms with Gasteiger partial charge in [0.1, 0.15) is 11.6 Å². The van der Waals surface area contributed by atoms with Crippen LogP contribution in [-0.2, 0) is 6.18 Å². The van der Waals surface area contributed by atoms with Crippen molar-refractivity contribution in [2.75, 3.05) is 12.4 Å². The molecule has 0 saturated heterocycles. The summed E-state index contributed by atoms with van der Waals surface area (Å²) < 4.78 is 38.7. The van der Waals surface area contributed by atoms with Crippen molar-refractivity contribution in [1.29, 1.82) is 0 Å². The Bertz CT molecular complexity index is 603. The van der Waals surface area contributed by atoms with Crippen LogP contribution in [0.1, 0.15) is 31.3 Å². The Morgan fingerprint density at radius 1 is 1.25 bits per heavy atom. The van der Waals surface area contributed by atoms with Crippen LogP contribution in [-0.4, -0.2) is 26.8 Å². The fourth-order valence-corrected chi connectivity index (χ4v) is 1.56. The second-order valence-electron chi connectivity index (χ2n) is 4.52. The minimum absolute atomic E-state index is 0.0553. The molecule has 0 amide bonds. The van der Waals surface area contributed by atoms with Crippen LogP contribution in [0.4, 0.5) is 19.0 Å². The minimum Gasteiger partial charge on any atom is -0.373 e. The molecule has 0 unspecified atom stereocenters. The van der Waals surface area contributed by atoms with Gasteiger partial charge in [0, 0.05) is 25.2 Å². The van der Waals surface area contributed by atoms with Crippen molar-refractivity contribution in [3.63, 3.8) is 0 Å². The van der Waals surface area contributed by atoms with E-state index in [9.17, 15) is 13.2 Å². The third-order valence-corrected chi connectivity index (χ3v) is 2.62. The van der Waals surface area contributed by atoms with E-state index < -0.39 is 11.9 Å². The molecule has 0 aliphatic carbocycles. The summed E-state index contributed by atoms with van der Waals surface area (Å²) in [5.74, 6) is 1.42. The number of nitrogens with zero attached hydrogens (tertiary/aromatic N) is 4. The highest BCUT2D eigenvalue weighted by Gasteiger charge is 2.33. The SMILES string of the molecule is CNc1cc(-n2ccc(C(F)(F)F)n2)nc(C(C)C)n1. The monoisotopic (exact) mass is 285 g/mol. The first-order chi connectivity index (χ1) is 9.31. The van der Waals surface area contributed by atoms with Crippen molar-refractivity contribution in [2.24, 2.45) is 0 Å². The molecular formula is C12H14F3N5. The lowest BCUT2D eigenvalue weighted by atomic mass is 10.2. The van der Waals surface area contributed by atoms with Gasteiger partial charge in [-0.1, -0.05) is 13.8 Å². The standard InChI is InChI=1S/C12H14F3N5/c1-7(2)11-17-9(16-3)6-10(18-11)20-5-4-8(19-20)12(13,14)15/h4-7H,1-3H3,(H,16,17,18). The molecular weight excluding hydrogens is 271 g/mol. The maximum atomic E-state index is 12.5. The molecule has 108 valence electrons. The lowest BCUT2D eigenvalue weighted by Gasteiger charge is -2.09. The second-order valence-corrected chi connectivity index (χ2v) is 4.52. The maximum Gasteiger partial charge on any atom is 0.435 e. The summed E-state index contributed by atoms with van der Waals surface area (Å²) in [5.41, 5.74) is -0.951. The van der Waals surface area contributed by atoms with Crippen molar-refractivity contribution in [2.45, 2.75) is 25.9 Å². The number of hydrogen-bond donors (Lipinski definition) is 1. The van der Waals surface area contributed by atoms with E-state index in [0.29, 0.717) is 17.5 Å². The normalized spacial score (nSPS) is 11.9. The summed E-state index contributed by atoms with van der Waals surface area (Å²) in [6, 6.07) is 2.45. The summed E-state index contributed by atoms with van der Waals surface area (Å²) in [7, 11) is 1.68. The molecule has 0 bridgehead atoms. The zero-order valence-electron chi connectivity index (χ0n) is 11.2. The fraction of sp³-hybridized carbons (Fsp3) is 0.417. The Kier molecular flexibility index (Phi) is 3.65. The van der Waals surface area contributed by atoms with Gasteiger partial charge in [-0.05, 0) is 6.07 Å². The van der Waals surface area contributed by atoms with E-state index in [1.54, 1.807) is 13.1 Å². The molecule has 0 radical (unpaired) electrons. The average Bonchev–Trinajstić information content (AvgIpc) is 2.87. The molecule has 2 aromatic heterocycles.